The molecule has 3 aromatic rings. The molecule has 1 fully saturated rings. The van der Waals surface area contributed by atoms with Gasteiger partial charge in [0.05, 0.1) is 35.1 Å². The molecule has 1 aromatic carbocycles. The van der Waals surface area contributed by atoms with Gasteiger partial charge >= 0.3 is 0 Å². The molecule has 9 nitrogen and oxygen atoms in total. The number of imidazole rings is 1. The Hall–Kier alpha value is -2.63. The average Bonchev–Trinajstić information content (AvgIpc) is 3.03. The third kappa shape index (κ3) is 4.32. The molecule has 0 aliphatic carbocycles. The number of hydrogen-bond donors (Lipinski definition) is 2. The van der Waals surface area contributed by atoms with Crippen LogP contribution in [0.15, 0.2) is 24.4 Å². The Balaban J connectivity index is 1.62. The molecule has 2 aromatic heterocycles. The molecular formula is C21H27FN6O3S. The van der Waals surface area contributed by atoms with Gasteiger partial charge in [0.2, 0.25) is 16.0 Å². The van der Waals surface area contributed by atoms with E-state index in [-0.39, 0.29) is 25.1 Å². The van der Waals surface area contributed by atoms with E-state index in [4.69, 9.17) is 0 Å². The largest absolute Gasteiger partial charge is 0.390 e. The smallest absolute Gasteiger partial charge is 0.223 e. The van der Waals surface area contributed by atoms with E-state index >= 15 is 0 Å². The molecule has 0 bridgehead atoms. The molecule has 0 saturated carbocycles. The van der Waals surface area contributed by atoms with E-state index in [1.54, 1.807) is 12.1 Å². The zero-order valence-electron chi connectivity index (χ0n) is 18.4. The number of sulfonamides is 1. The fourth-order valence-corrected chi connectivity index (χ4v) is 5.06. The van der Waals surface area contributed by atoms with Gasteiger partial charge in [-0.15, -0.1) is 0 Å². The number of piperidine rings is 1. The molecule has 32 heavy (non-hydrogen) atoms. The van der Waals surface area contributed by atoms with E-state index in [2.05, 4.69) is 20.3 Å². The summed E-state index contributed by atoms with van der Waals surface area (Å²) >= 11 is 0. The highest BCUT2D eigenvalue weighted by Crippen LogP contribution is 2.29. The number of fused-ring (bicyclic) bond motifs is 1. The number of benzene rings is 1. The molecular weight excluding hydrogens is 435 g/mol. The van der Waals surface area contributed by atoms with E-state index in [9.17, 15) is 17.9 Å². The minimum atomic E-state index is -3.36. The van der Waals surface area contributed by atoms with Gasteiger partial charge in [-0.05, 0) is 39.3 Å². The first-order valence-corrected chi connectivity index (χ1v) is 12.3. The molecule has 4 rings (SSSR count). The lowest BCUT2D eigenvalue weighted by Crippen LogP contribution is -2.51. The second kappa shape index (κ2) is 8.38. The molecule has 0 amide bonds. The van der Waals surface area contributed by atoms with Crippen molar-refractivity contribution in [2.24, 2.45) is 0 Å². The van der Waals surface area contributed by atoms with E-state index in [1.165, 1.54) is 16.6 Å². The van der Waals surface area contributed by atoms with Crippen molar-refractivity contribution >= 4 is 27.0 Å². The summed E-state index contributed by atoms with van der Waals surface area (Å²) in [4.78, 5) is 13.1. The van der Waals surface area contributed by atoms with Crippen LogP contribution in [0.25, 0.3) is 22.3 Å². The van der Waals surface area contributed by atoms with Crippen molar-refractivity contribution in [3.05, 3.63) is 36.0 Å². The van der Waals surface area contributed by atoms with Gasteiger partial charge in [-0.3, -0.25) is 0 Å². The van der Waals surface area contributed by atoms with Gasteiger partial charge in [0.25, 0.3) is 0 Å². The number of halogens is 1. The highest BCUT2D eigenvalue weighted by Gasteiger charge is 2.32. The van der Waals surface area contributed by atoms with Gasteiger partial charge < -0.3 is 15.0 Å². The molecule has 3 heterocycles. The number of aryl methyl sites for hydroxylation is 1. The zero-order valence-corrected chi connectivity index (χ0v) is 19.3. The minimum Gasteiger partial charge on any atom is -0.390 e. The Bertz CT molecular complexity index is 1260. The number of nitrogens with one attached hydrogen (secondary N) is 1. The topological polar surface area (TPSA) is 113 Å². The summed E-state index contributed by atoms with van der Waals surface area (Å²) in [5, 5.41) is 13.5. The van der Waals surface area contributed by atoms with Gasteiger partial charge in [-0.2, -0.15) is 4.31 Å². The van der Waals surface area contributed by atoms with Crippen molar-refractivity contribution in [1.29, 1.82) is 0 Å². The maximum atomic E-state index is 14.9. The number of aliphatic hydroxyl groups is 1. The van der Waals surface area contributed by atoms with Crippen LogP contribution in [0.1, 0.15) is 32.1 Å². The van der Waals surface area contributed by atoms with Crippen molar-refractivity contribution in [3.8, 4) is 11.3 Å². The van der Waals surface area contributed by atoms with Crippen LogP contribution < -0.4 is 5.32 Å². The van der Waals surface area contributed by atoms with Crippen molar-refractivity contribution in [2.45, 2.75) is 45.4 Å². The normalized spacial score (nSPS) is 20.2. The van der Waals surface area contributed by atoms with Crippen LogP contribution in [0.5, 0.6) is 0 Å². The standard InChI is InChI=1S/C21H27FN6O3S/c1-12(2)28-13(3)24-18-10-15(22)14(9-19(18)28)16-5-7-23-21(25-16)26-17-6-8-27(11-20(17)29)32(4,30)31/h5,7,9-10,12,17,20,29H,6,8,11H2,1-4H3,(H,23,25,26)/t17?,20-/m0/s1. The molecule has 2 atom stereocenters. The van der Waals surface area contributed by atoms with Crippen molar-refractivity contribution in [3.63, 3.8) is 0 Å². The molecule has 172 valence electrons. The lowest BCUT2D eigenvalue weighted by molar-refractivity contribution is 0.0950. The predicted octanol–water partition coefficient (Wildman–Crippen LogP) is 2.33. The second-order valence-electron chi connectivity index (χ2n) is 8.44. The zero-order chi connectivity index (χ0) is 23.2. The summed E-state index contributed by atoms with van der Waals surface area (Å²) in [6.45, 7) is 6.27. The summed E-state index contributed by atoms with van der Waals surface area (Å²) in [6.07, 6.45) is 2.13. The predicted molar refractivity (Wildman–Crippen MR) is 120 cm³/mol. The highest BCUT2D eigenvalue weighted by molar-refractivity contribution is 7.88. The monoisotopic (exact) mass is 462 g/mol. The average molecular weight is 463 g/mol. The molecule has 1 aliphatic heterocycles. The van der Waals surface area contributed by atoms with Crippen LogP contribution in [0, 0.1) is 12.7 Å². The fourth-order valence-electron chi connectivity index (χ4n) is 4.20. The SMILES string of the molecule is Cc1nc2cc(F)c(-c3ccnc(NC4CCN(S(C)(=O)=O)C[C@@H]4O)n3)cc2n1C(C)C. The van der Waals surface area contributed by atoms with Crippen LogP contribution >= 0.6 is 0 Å². The molecule has 2 N–H and O–H groups in total. The Morgan fingerprint density at radius 3 is 2.69 bits per heavy atom. The summed E-state index contributed by atoms with van der Waals surface area (Å²) in [7, 11) is -3.36. The summed E-state index contributed by atoms with van der Waals surface area (Å²) in [5.74, 6) is 0.621. The fraction of sp³-hybridized carbons (Fsp3) is 0.476. The van der Waals surface area contributed by atoms with Gasteiger partial charge in [-0.25, -0.2) is 27.8 Å². The number of nitrogens with zero attached hydrogens (tertiary/aromatic N) is 5. The van der Waals surface area contributed by atoms with Gasteiger partial charge in [-0.1, -0.05) is 0 Å². The Kier molecular flexibility index (Phi) is 5.91. The van der Waals surface area contributed by atoms with Crippen molar-refractivity contribution in [2.75, 3.05) is 24.7 Å². The van der Waals surface area contributed by atoms with E-state index in [1.807, 2.05) is 25.3 Å². The quantitative estimate of drug-likeness (QED) is 0.598. The first-order valence-electron chi connectivity index (χ1n) is 10.5. The molecule has 0 spiro atoms. The first kappa shape index (κ1) is 22.6. The van der Waals surface area contributed by atoms with Crippen LogP contribution in [-0.2, 0) is 10.0 Å². The maximum absolute atomic E-state index is 14.9. The van der Waals surface area contributed by atoms with E-state index in [0.29, 0.717) is 23.2 Å². The van der Waals surface area contributed by atoms with Crippen molar-refractivity contribution < 1.29 is 17.9 Å². The van der Waals surface area contributed by atoms with Gasteiger partial charge in [0.15, 0.2) is 0 Å². The lowest BCUT2D eigenvalue weighted by Gasteiger charge is -2.34. The molecule has 1 unspecified atom stereocenters. The number of aliphatic hydroxyl groups excluding tert-OH is 1. The third-order valence-corrected chi connectivity index (χ3v) is 7.00. The van der Waals surface area contributed by atoms with E-state index < -0.39 is 28.0 Å². The number of rotatable bonds is 5. The Morgan fingerprint density at radius 1 is 1.28 bits per heavy atom. The second-order valence-corrected chi connectivity index (χ2v) is 10.4. The summed E-state index contributed by atoms with van der Waals surface area (Å²) in [6, 6.07) is 4.54. The van der Waals surface area contributed by atoms with Crippen LogP contribution in [0.4, 0.5) is 10.3 Å². The van der Waals surface area contributed by atoms with E-state index in [0.717, 1.165) is 17.6 Å². The third-order valence-electron chi connectivity index (χ3n) is 5.73. The molecule has 11 heteroatoms. The first-order chi connectivity index (χ1) is 15.0. The van der Waals surface area contributed by atoms with Crippen LogP contribution in [0.2, 0.25) is 0 Å². The number of hydrogen-bond acceptors (Lipinski definition) is 7. The Labute approximate surface area is 186 Å². The van der Waals surface area contributed by atoms with Gasteiger partial charge in [0.1, 0.15) is 11.6 Å². The highest BCUT2D eigenvalue weighted by atomic mass is 32.2. The maximum Gasteiger partial charge on any atom is 0.223 e. The summed E-state index contributed by atoms with van der Waals surface area (Å²) in [5.41, 5.74) is 2.15. The lowest BCUT2D eigenvalue weighted by atomic mass is 10.0. The molecule has 0 radical (unpaired) electrons. The van der Waals surface area contributed by atoms with Crippen molar-refractivity contribution in [1.82, 2.24) is 23.8 Å². The number of anilines is 1. The number of aromatic nitrogens is 4. The molecule has 1 aliphatic rings. The van der Waals surface area contributed by atoms with Crippen LogP contribution in [-0.4, -0.2) is 68.8 Å². The number of β-amino-alcohol motifs (C(OH)–C–C–N with tert-alkyl or cyclic N) is 1. The van der Waals surface area contributed by atoms with Gasteiger partial charge in [0, 0.05) is 37.0 Å². The minimum absolute atomic E-state index is 0.0000287. The Morgan fingerprint density at radius 2 is 2.03 bits per heavy atom. The summed E-state index contributed by atoms with van der Waals surface area (Å²) < 4.78 is 41.7. The molecule has 1 saturated heterocycles. The van der Waals surface area contributed by atoms with Crippen LogP contribution in [0.3, 0.4) is 0 Å².